The van der Waals surface area contributed by atoms with Crippen LogP contribution in [0.25, 0.3) is 0 Å². The highest BCUT2D eigenvalue weighted by Gasteiger charge is 2.85. The molecule has 3 aliphatic carbocycles. The van der Waals surface area contributed by atoms with Gasteiger partial charge >= 0.3 is 10.2 Å². The summed E-state index contributed by atoms with van der Waals surface area (Å²) in [5.74, 6) is -2.88. The molecule has 314 valence electrons. The maximum atomic E-state index is 15.2. The number of Topliss-reactive ketones (excluding diaryl/α,β-unsaturated/α-hetero) is 2. The van der Waals surface area contributed by atoms with Crippen LogP contribution in [0.2, 0.25) is 0 Å². The Balaban J connectivity index is 1.25. The smallest absolute Gasteiger partial charge is 0.303 e. The summed E-state index contributed by atoms with van der Waals surface area (Å²) in [7, 11) is -4.06. The van der Waals surface area contributed by atoms with E-state index in [2.05, 4.69) is 49.2 Å². The van der Waals surface area contributed by atoms with Crippen molar-refractivity contribution < 1.29 is 32.4 Å². The summed E-state index contributed by atoms with van der Waals surface area (Å²) in [4.78, 5) is 75.6. The number of rotatable bonds is 14. The third-order valence-electron chi connectivity index (χ3n) is 15.7. The van der Waals surface area contributed by atoms with Gasteiger partial charge < -0.3 is 10.2 Å². The Morgan fingerprint density at radius 2 is 1.50 bits per heavy atom. The Morgan fingerprint density at radius 1 is 0.893 bits per heavy atom. The monoisotopic (exact) mass is 799 g/mol. The third-order valence-corrected chi connectivity index (χ3v) is 17.2. The van der Waals surface area contributed by atoms with Crippen LogP contribution in [0, 0.1) is 50.2 Å². The Kier molecular flexibility index (Phi) is 10.9. The molecule has 6 atom stereocenters. The van der Waals surface area contributed by atoms with E-state index in [0.717, 1.165) is 32.1 Å². The summed E-state index contributed by atoms with van der Waals surface area (Å²) in [5.41, 5.74) is -2.87. The molecule has 0 radical (unpaired) electrons. The number of carbonyl (C=O) groups is 5. The van der Waals surface area contributed by atoms with Crippen LogP contribution in [0.15, 0.2) is 12.7 Å². The van der Waals surface area contributed by atoms with Crippen molar-refractivity contribution in [3.63, 3.8) is 0 Å². The van der Waals surface area contributed by atoms with Gasteiger partial charge in [-0.1, -0.05) is 67.9 Å². The third kappa shape index (κ3) is 7.01. The van der Waals surface area contributed by atoms with Gasteiger partial charge in [-0.2, -0.15) is 12.7 Å². The van der Waals surface area contributed by atoms with Gasteiger partial charge in [0.1, 0.15) is 0 Å². The maximum Gasteiger partial charge on any atom is 0.303 e. The molecule has 3 amide bonds. The molecule has 3 saturated carbocycles. The number of carbonyl (C=O) groups excluding carboxylic acids is 5. The minimum atomic E-state index is -4.06. The van der Waals surface area contributed by atoms with Crippen molar-refractivity contribution in [1.29, 1.82) is 0 Å². The minimum Gasteiger partial charge on any atom is -0.345 e. The lowest BCUT2D eigenvalue weighted by molar-refractivity contribution is -0.147. The van der Waals surface area contributed by atoms with E-state index in [0.29, 0.717) is 51.6 Å². The van der Waals surface area contributed by atoms with E-state index in [4.69, 9.17) is 0 Å². The largest absolute Gasteiger partial charge is 0.345 e. The molecule has 6 rings (SSSR count). The molecular formula is C43H69N5O7S. The van der Waals surface area contributed by atoms with Crippen LogP contribution in [0.5, 0.6) is 0 Å². The Labute approximate surface area is 335 Å². The number of amides is 3. The van der Waals surface area contributed by atoms with E-state index in [9.17, 15) is 27.6 Å². The molecule has 0 unspecified atom stereocenters. The lowest BCUT2D eigenvalue weighted by Gasteiger charge is -2.42. The lowest BCUT2D eigenvalue weighted by Crippen LogP contribution is -2.59. The van der Waals surface area contributed by atoms with E-state index >= 15 is 4.79 Å². The summed E-state index contributed by atoms with van der Waals surface area (Å²) in [5, 5.41) is 3.07. The predicted octanol–water partition coefficient (Wildman–Crippen LogP) is 4.88. The van der Waals surface area contributed by atoms with Gasteiger partial charge in [0.15, 0.2) is 11.6 Å². The first-order valence-electron chi connectivity index (χ1n) is 21.1. The van der Waals surface area contributed by atoms with Crippen molar-refractivity contribution in [2.75, 3.05) is 32.7 Å². The molecule has 0 aromatic rings. The fourth-order valence-corrected chi connectivity index (χ4v) is 12.7. The molecule has 13 heteroatoms. The molecule has 6 aliphatic rings. The molecule has 2 spiro atoms. The first-order valence-corrected chi connectivity index (χ1v) is 22.6. The highest BCUT2D eigenvalue weighted by Crippen LogP contribution is 2.88. The maximum absolute atomic E-state index is 15.2. The zero-order valence-corrected chi connectivity index (χ0v) is 36.6. The van der Waals surface area contributed by atoms with Crippen LogP contribution in [0.3, 0.4) is 0 Å². The summed E-state index contributed by atoms with van der Waals surface area (Å²) < 4.78 is 29.9. The van der Waals surface area contributed by atoms with Crippen LogP contribution in [0.1, 0.15) is 127 Å². The predicted molar refractivity (Wildman–Crippen MR) is 215 cm³/mol. The average Bonchev–Trinajstić information content (AvgIpc) is 3.51. The molecule has 12 nitrogen and oxygen atoms in total. The van der Waals surface area contributed by atoms with E-state index in [1.54, 1.807) is 11.0 Å². The van der Waals surface area contributed by atoms with Gasteiger partial charge in [0.05, 0.1) is 23.4 Å². The molecule has 3 aliphatic heterocycles. The van der Waals surface area contributed by atoms with Gasteiger partial charge in [0, 0.05) is 62.9 Å². The fraction of sp³-hybridized carbons (Fsp3) is 0.837. The minimum absolute atomic E-state index is 0.0248. The second-order valence-corrected chi connectivity index (χ2v) is 23.0. The van der Waals surface area contributed by atoms with Crippen molar-refractivity contribution in [3.05, 3.63) is 12.7 Å². The first-order chi connectivity index (χ1) is 25.8. The van der Waals surface area contributed by atoms with Crippen LogP contribution < -0.4 is 10.0 Å². The SMILES string of the molecule is C=C[C@@H]1C[C@]1(CC(=O)[C@@H]1C[C@@]2(CN1C(=O)[C@@H](CC(=O)[C@@H](NC(=O)C1CN(C(C)C)C1)C(C)(C)C)C(C)(C)C)C(C)(C)C21CCC1)C(=O)NS(=O)(=O)N1CCCC1. The molecule has 0 aromatic carbocycles. The van der Waals surface area contributed by atoms with E-state index in [1.807, 2.05) is 41.5 Å². The number of hydrogen-bond acceptors (Lipinski definition) is 8. The second kappa shape index (κ2) is 14.3. The number of nitrogens with one attached hydrogen (secondary N) is 2. The van der Waals surface area contributed by atoms with Crippen LogP contribution >= 0.6 is 0 Å². The first kappa shape index (κ1) is 43.0. The molecule has 3 saturated heterocycles. The Morgan fingerprint density at radius 3 is 1.96 bits per heavy atom. The summed E-state index contributed by atoms with van der Waals surface area (Å²) >= 11 is 0. The molecule has 0 aromatic heterocycles. The van der Waals surface area contributed by atoms with Crippen molar-refractivity contribution >= 4 is 39.5 Å². The van der Waals surface area contributed by atoms with E-state index < -0.39 is 50.4 Å². The van der Waals surface area contributed by atoms with Gasteiger partial charge in [0.25, 0.3) is 0 Å². The van der Waals surface area contributed by atoms with Crippen molar-refractivity contribution in [2.45, 2.75) is 145 Å². The normalized spacial score (nSPS) is 31.1. The number of fused-ring (bicyclic) bond motifs is 1. The van der Waals surface area contributed by atoms with Gasteiger partial charge in [-0.3, -0.25) is 28.9 Å². The summed E-state index contributed by atoms with van der Waals surface area (Å²) in [6.07, 6.45) is 6.74. The van der Waals surface area contributed by atoms with E-state index in [-0.39, 0.29) is 64.3 Å². The highest BCUT2D eigenvalue weighted by atomic mass is 32.2. The van der Waals surface area contributed by atoms with Crippen LogP contribution in [-0.4, -0.2) is 103 Å². The van der Waals surface area contributed by atoms with Crippen molar-refractivity contribution in [3.8, 4) is 0 Å². The quantitative estimate of drug-likeness (QED) is 0.236. The topological polar surface area (TPSA) is 153 Å². The van der Waals surface area contributed by atoms with Gasteiger partial charge in [0.2, 0.25) is 17.7 Å². The lowest BCUT2D eigenvalue weighted by atomic mass is 9.73. The number of ketones is 2. The molecule has 3 heterocycles. The summed E-state index contributed by atoms with van der Waals surface area (Å²) in [6.45, 7) is 26.6. The molecule has 56 heavy (non-hydrogen) atoms. The number of nitrogens with zero attached hydrogens (tertiary/aromatic N) is 3. The number of hydrogen-bond donors (Lipinski definition) is 2. The van der Waals surface area contributed by atoms with Crippen LogP contribution in [-0.2, 0) is 34.2 Å². The molecule has 6 fully saturated rings. The van der Waals surface area contributed by atoms with Gasteiger partial charge in [-0.15, -0.1) is 6.58 Å². The standard InChI is InChI=1S/C43H69N5O7S/c1-12-29-21-41(29,37(53)45-56(54,55)47-18-13-14-19-47)23-33(50)31-22-43(40(10,11)42(43)16-15-17-42)26-48(31)36(52)30(38(4,5)6)20-32(49)34(39(7,8)9)44-35(51)28-24-46(25-28)27(2)3/h12,27-31,34H,1,13-26H2,2-11H3,(H,44,51)(H,45,53)/t29-,30-,31+,34-,41-,43-/m1/s1. The van der Waals surface area contributed by atoms with Crippen molar-refractivity contribution in [2.24, 2.45) is 50.2 Å². The van der Waals surface area contributed by atoms with Gasteiger partial charge in [-0.25, -0.2) is 4.72 Å². The zero-order valence-electron chi connectivity index (χ0n) is 35.8. The zero-order chi connectivity index (χ0) is 41.6. The highest BCUT2D eigenvalue weighted by molar-refractivity contribution is 7.87. The Bertz CT molecular complexity index is 1740. The average molecular weight is 800 g/mol. The van der Waals surface area contributed by atoms with E-state index in [1.165, 1.54) is 4.31 Å². The number of allylic oxidation sites excluding steroid dienone is 1. The Hall–Kier alpha value is -2.64. The van der Waals surface area contributed by atoms with Gasteiger partial charge in [-0.05, 0) is 80.0 Å². The number of likely N-dealkylation sites (tertiary alicyclic amines) is 2. The second-order valence-electron chi connectivity index (χ2n) is 21.4. The molecular weight excluding hydrogens is 731 g/mol. The fourth-order valence-electron chi connectivity index (χ4n) is 11.4. The molecule has 0 bridgehead atoms. The van der Waals surface area contributed by atoms with Crippen molar-refractivity contribution in [1.82, 2.24) is 24.1 Å². The molecule has 2 N–H and O–H groups in total. The summed E-state index contributed by atoms with van der Waals surface area (Å²) in [6, 6.07) is -1.28. The van der Waals surface area contributed by atoms with Crippen LogP contribution in [0.4, 0.5) is 0 Å².